The van der Waals surface area contributed by atoms with Gasteiger partial charge in [0.2, 0.25) is 0 Å². The SMILES string of the molecule is Nc1cccc(OCCCCN2CCN(c3cc4ccccc4s3)CC2)c1. The van der Waals surface area contributed by atoms with Crippen LogP contribution in [0.2, 0.25) is 0 Å². The first-order chi connectivity index (χ1) is 13.3. The zero-order valence-corrected chi connectivity index (χ0v) is 16.5. The number of hydrogen-bond acceptors (Lipinski definition) is 5. The highest BCUT2D eigenvalue weighted by Crippen LogP contribution is 2.32. The first kappa shape index (κ1) is 18.1. The molecule has 1 aromatic heterocycles. The maximum Gasteiger partial charge on any atom is 0.121 e. The summed E-state index contributed by atoms with van der Waals surface area (Å²) in [5, 5.41) is 2.77. The molecule has 1 aliphatic heterocycles. The van der Waals surface area contributed by atoms with Crippen LogP contribution in [0.3, 0.4) is 0 Å². The molecule has 0 saturated carbocycles. The molecule has 0 atom stereocenters. The Bertz CT molecular complexity index is 838. The third-order valence-corrected chi connectivity index (χ3v) is 6.27. The molecule has 2 aromatic carbocycles. The number of anilines is 2. The molecule has 0 spiro atoms. The molecule has 1 aliphatic rings. The average Bonchev–Trinajstić information content (AvgIpc) is 3.12. The van der Waals surface area contributed by atoms with Crippen LogP contribution >= 0.6 is 11.3 Å². The van der Waals surface area contributed by atoms with Gasteiger partial charge in [-0.2, -0.15) is 0 Å². The van der Waals surface area contributed by atoms with Gasteiger partial charge in [0.15, 0.2) is 0 Å². The van der Waals surface area contributed by atoms with E-state index in [0.717, 1.165) is 57.2 Å². The van der Waals surface area contributed by atoms with Gasteiger partial charge in [-0.3, -0.25) is 4.90 Å². The predicted octanol–water partition coefficient (Wildman–Crippen LogP) is 4.46. The molecule has 27 heavy (non-hydrogen) atoms. The highest BCUT2D eigenvalue weighted by Gasteiger charge is 2.18. The lowest BCUT2D eigenvalue weighted by Gasteiger charge is -2.35. The lowest BCUT2D eigenvalue weighted by atomic mass is 10.2. The highest BCUT2D eigenvalue weighted by atomic mass is 32.1. The van der Waals surface area contributed by atoms with Crippen molar-refractivity contribution in [2.75, 3.05) is 50.0 Å². The molecule has 0 amide bonds. The average molecular weight is 382 g/mol. The van der Waals surface area contributed by atoms with Gasteiger partial charge in [0.05, 0.1) is 11.6 Å². The van der Waals surface area contributed by atoms with E-state index in [1.807, 2.05) is 35.6 Å². The van der Waals surface area contributed by atoms with Gasteiger partial charge < -0.3 is 15.4 Å². The van der Waals surface area contributed by atoms with Crippen LogP contribution in [0, 0.1) is 0 Å². The third-order valence-electron chi connectivity index (χ3n) is 5.09. The second-order valence-corrected chi connectivity index (χ2v) is 8.14. The van der Waals surface area contributed by atoms with Crippen LogP contribution in [0.15, 0.2) is 54.6 Å². The number of piperazine rings is 1. The number of unbranched alkanes of at least 4 members (excludes halogenated alkanes) is 1. The van der Waals surface area contributed by atoms with Crippen molar-refractivity contribution in [2.45, 2.75) is 12.8 Å². The molecule has 3 aromatic rings. The molecule has 0 bridgehead atoms. The number of nitrogens with zero attached hydrogens (tertiary/aromatic N) is 2. The van der Waals surface area contributed by atoms with Crippen LogP contribution in [-0.4, -0.2) is 44.2 Å². The van der Waals surface area contributed by atoms with Crippen molar-refractivity contribution in [3.05, 3.63) is 54.6 Å². The summed E-state index contributed by atoms with van der Waals surface area (Å²) < 4.78 is 7.16. The monoisotopic (exact) mass is 381 g/mol. The Balaban J connectivity index is 1.16. The molecule has 2 N–H and O–H groups in total. The number of nitrogen functional groups attached to an aromatic ring is 1. The summed E-state index contributed by atoms with van der Waals surface area (Å²) >= 11 is 1.91. The maximum atomic E-state index is 5.77. The molecule has 0 radical (unpaired) electrons. The summed E-state index contributed by atoms with van der Waals surface area (Å²) in [5.41, 5.74) is 6.53. The number of benzene rings is 2. The van der Waals surface area contributed by atoms with Gasteiger partial charge in [-0.15, -0.1) is 11.3 Å². The van der Waals surface area contributed by atoms with Crippen molar-refractivity contribution in [1.29, 1.82) is 0 Å². The smallest absolute Gasteiger partial charge is 0.121 e. The zero-order valence-electron chi connectivity index (χ0n) is 15.6. The topological polar surface area (TPSA) is 41.7 Å². The third kappa shape index (κ3) is 4.73. The van der Waals surface area contributed by atoms with E-state index >= 15 is 0 Å². The van der Waals surface area contributed by atoms with Gasteiger partial charge in [-0.25, -0.2) is 0 Å². The lowest BCUT2D eigenvalue weighted by molar-refractivity contribution is 0.239. The van der Waals surface area contributed by atoms with E-state index in [-0.39, 0.29) is 0 Å². The standard InChI is InChI=1S/C22H27N3OS/c23-19-7-5-8-20(17-19)26-15-4-3-10-24-11-13-25(14-12-24)22-16-18-6-1-2-9-21(18)27-22/h1-2,5-9,16-17H,3-4,10-15,23H2. The lowest BCUT2D eigenvalue weighted by Crippen LogP contribution is -2.46. The maximum absolute atomic E-state index is 5.77. The van der Waals surface area contributed by atoms with E-state index in [4.69, 9.17) is 10.5 Å². The Kier molecular flexibility index (Phi) is 5.80. The van der Waals surface area contributed by atoms with Gasteiger partial charge >= 0.3 is 0 Å². The van der Waals surface area contributed by atoms with Crippen molar-refractivity contribution in [2.24, 2.45) is 0 Å². The molecular formula is C22H27N3OS. The minimum Gasteiger partial charge on any atom is -0.494 e. The van der Waals surface area contributed by atoms with Crippen LogP contribution in [0.5, 0.6) is 5.75 Å². The summed E-state index contributed by atoms with van der Waals surface area (Å²) in [7, 11) is 0. The number of nitrogens with two attached hydrogens (primary N) is 1. The fourth-order valence-electron chi connectivity index (χ4n) is 3.55. The first-order valence-electron chi connectivity index (χ1n) is 9.72. The van der Waals surface area contributed by atoms with Crippen molar-refractivity contribution >= 4 is 32.1 Å². The second-order valence-electron chi connectivity index (χ2n) is 7.08. The Morgan fingerprint density at radius 1 is 0.926 bits per heavy atom. The van der Waals surface area contributed by atoms with E-state index in [1.165, 1.54) is 21.5 Å². The largest absolute Gasteiger partial charge is 0.494 e. The molecule has 0 unspecified atom stereocenters. The van der Waals surface area contributed by atoms with Gasteiger partial charge in [-0.1, -0.05) is 24.3 Å². The Hall–Kier alpha value is -2.24. The number of ether oxygens (including phenoxy) is 1. The zero-order chi connectivity index (χ0) is 18.5. The van der Waals surface area contributed by atoms with Crippen molar-refractivity contribution in [3.63, 3.8) is 0 Å². The quantitative estimate of drug-likeness (QED) is 0.484. The summed E-state index contributed by atoms with van der Waals surface area (Å²) in [6.45, 7) is 6.43. The van der Waals surface area contributed by atoms with E-state index < -0.39 is 0 Å². The van der Waals surface area contributed by atoms with E-state index in [1.54, 1.807) is 0 Å². The van der Waals surface area contributed by atoms with Gasteiger partial charge in [0, 0.05) is 42.6 Å². The predicted molar refractivity (Wildman–Crippen MR) is 116 cm³/mol. The Morgan fingerprint density at radius 3 is 2.59 bits per heavy atom. The Labute approximate surface area is 165 Å². The normalized spacial score (nSPS) is 15.3. The molecule has 4 rings (SSSR count). The molecule has 142 valence electrons. The van der Waals surface area contributed by atoms with Gasteiger partial charge in [0.25, 0.3) is 0 Å². The van der Waals surface area contributed by atoms with Crippen LogP contribution in [-0.2, 0) is 0 Å². The van der Waals surface area contributed by atoms with Crippen LogP contribution < -0.4 is 15.4 Å². The summed E-state index contributed by atoms with van der Waals surface area (Å²) in [4.78, 5) is 5.11. The fourth-order valence-corrected chi connectivity index (χ4v) is 4.66. The van der Waals surface area contributed by atoms with Crippen LogP contribution in [0.25, 0.3) is 10.1 Å². The van der Waals surface area contributed by atoms with Crippen LogP contribution in [0.4, 0.5) is 10.7 Å². The highest BCUT2D eigenvalue weighted by molar-refractivity contribution is 7.22. The molecular weight excluding hydrogens is 354 g/mol. The minimum absolute atomic E-state index is 0.754. The van der Waals surface area contributed by atoms with E-state index in [0.29, 0.717) is 0 Å². The summed E-state index contributed by atoms with van der Waals surface area (Å²) in [6.07, 6.45) is 2.25. The second kappa shape index (κ2) is 8.63. The molecule has 1 fully saturated rings. The molecule has 1 saturated heterocycles. The van der Waals surface area contributed by atoms with Crippen molar-refractivity contribution in [1.82, 2.24) is 4.90 Å². The number of rotatable bonds is 7. The molecule has 4 nitrogen and oxygen atoms in total. The number of hydrogen-bond donors (Lipinski definition) is 1. The molecule has 2 heterocycles. The molecule has 5 heteroatoms. The minimum atomic E-state index is 0.754. The number of fused-ring (bicyclic) bond motifs is 1. The van der Waals surface area contributed by atoms with Gasteiger partial charge in [0.1, 0.15) is 5.75 Å². The van der Waals surface area contributed by atoms with Crippen LogP contribution in [0.1, 0.15) is 12.8 Å². The fraction of sp³-hybridized carbons (Fsp3) is 0.364. The number of thiophene rings is 1. The summed E-state index contributed by atoms with van der Waals surface area (Å²) in [6, 6.07) is 18.7. The van der Waals surface area contributed by atoms with Crippen molar-refractivity contribution < 1.29 is 4.74 Å². The van der Waals surface area contributed by atoms with Gasteiger partial charge in [-0.05, 0) is 49.0 Å². The summed E-state index contributed by atoms with van der Waals surface area (Å²) in [5.74, 6) is 0.868. The van der Waals surface area contributed by atoms with E-state index in [2.05, 4.69) is 40.1 Å². The first-order valence-corrected chi connectivity index (χ1v) is 10.5. The van der Waals surface area contributed by atoms with E-state index in [9.17, 15) is 0 Å². The Morgan fingerprint density at radius 2 is 1.78 bits per heavy atom. The van der Waals surface area contributed by atoms with Crippen molar-refractivity contribution in [3.8, 4) is 5.75 Å². The molecule has 0 aliphatic carbocycles.